The van der Waals surface area contributed by atoms with Gasteiger partial charge in [0, 0.05) is 30.6 Å². The number of amides is 2. The molecule has 2 aliphatic rings. The van der Waals surface area contributed by atoms with Crippen LogP contribution in [0.4, 0.5) is 4.79 Å². The number of carboxylic acids is 1. The van der Waals surface area contributed by atoms with Crippen LogP contribution in [0.25, 0.3) is 0 Å². The number of hydrogen-bond donors (Lipinski definition) is 1. The van der Waals surface area contributed by atoms with Crippen LogP contribution in [-0.4, -0.2) is 63.6 Å². The Hall–Kier alpha value is -0.910. The van der Waals surface area contributed by atoms with Crippen molar-refractivity contribution in [1.82, 2.24) is 9.80 Å². The van der Waals surface area contributed by atoms with Crippen LogP contribution in [0.1, 0.15) is 39.0 Å². The maximum Gasteiger partial charge on any atom is 0.327 e. The molecule has 2 heterocycles. The van der Waals surface area contributed by atoms with Crippen molar-refractivity contribution in [1.29, 1.82) is 0 Å². The second kappa shape index (κ2) is 7.20. The van der Waals surface area contributed by atoms with Gasteiger partial charge in [-0.05, 0) is 19.3 Å². The van der Waals surface area contributed by atoms with Crippen molar-refractivity contribution in [3.63, 3.8) is 0 Å². The van der Waals surface area contributed by atoms with E-state index in [0.29, 0.717) is 12.3 Å². The molecule has 2 atom stereocenters. The quantitative estimate of drug-likeness (QED) is 0.850. The fourth-order valence-electron chi connectivity index (χ4n) is 3.06. The van der Waals surface area contributed by atoms with Crippen molar-refractivity contribution < 1.29 is 14.7 Å². The number of rotatable bonds is 2. The summed E-state index contributed by atoms with van der Waals surface area (Å²) in [5, 5.41) is 9.31. The lowest BCUT2D eigenvalue weighted by Gasteiger charge is -2.39. The van der Waals surface area contributed by atoms with Crippen molar-refractivity contribution in [3.8, 4) is 0 Å². The number of hydrogen-bond acceptors (Lipinski definition) is 3. The molecule has 2 fully saturated rings. The first kappa shape index (κ1) is 15.5. The van der Waals surface area contributed by atoms with E-state index >= 15 is 0 Å². The zero-order chi connectivity index (χ0) is 14.5. The minimum atomic E-state index is -0.881. The molecule has 2 amide bonds. The van der Waals surface area contributed by atoms with E-state index in [9.17, 15) is 14.7 Å². The van der Waals surface area contributed by atoms with Crippen molar-refractivity contribution in [2.75, 3.05) is 24.6 Å². The van der Waals surface area contributed by atoms with Gasteiger partial charge in [0.25, 0.3) is 0 Å². The Morgan fingerprint density at radius 1 is 1.20 bits per heavy atom. The minimum Gasteiger partial charge on any atom is -0.480 e. The highest BCUT2D eigenvalue weighted by Crippen LogP contribution is 2.24. The topological polar surface area (TPSA) is 60.9 Å². The van der Waals surface area contributed by atoms with Crippen LogP contribution < -0.4 is 0 Å². The van der Waals surface area contributed by atoms with E-state index in [-0.39, 0.29) is 12.1 Å². The average molecular weight is 300 g/mol. The monoisotopic (exact) mass is 300 g/mol. The number of thioether (sulfide) groups is 1. The van der Waals surface area contributed by atoms with Crippen LogP contribution >= 0.6 is 11.8 Å². The lowest BCUT2D eigenvalue weighted by Crippen LogP contribution is -2.56. The summed E-state index contributed by atoms with van der Waals surface area (Å²) in [6.45, 7) is 3.43. The summed E-state index contributed by atoms with van der Waals surface area (Å²) in [5.41, 5.74) is 0. The lowest BCUT2D eigenvalue weighted by atomic mass is 10.1. The molecule has 0 saturated carbocycles. The molecule has 20 heavy (non-hydrogen) atoms. The SMILES string of the molecule is CCC1CCCCCN1C(=O)N1CCSCC1C(=O)O. The summed E-state index contributed by atoms with van der Waals surface area (Å²) >= 11 is 1.62. The van der Waals surface area contributed by atoms with Gasteiger partial charge in [-0.15, -0.1) is 0 Å². The first-order valence-electron chi connectivity index (χ1n) is 7.53. The highest BCUT2D eigenvalue weighted by molar-refractivity contribution is 7.99. The highest BCUT2D eigenvalue weighted by atomic mass is 32.2. The summed E-state index contributed by atoms with van der Waals surface area (Å²) in [4.78, 5) is 27.6. The summed E-state index contributed by atoms with van der Waals surface area (Å²) in [5.74, 6) is 0.458. The van der Waals surface area contributed by atoms with Gasteiger partial charge in [0.2, 0.25) is 0 Å². The van der Waals surface area contributed by atoms with Gasteiger partial charge >= 0.3 is 12.0 Å². The molecule has 2 unspecified atom stereocenters. The van der Waals surface area contributed by atoms with Gasteiger partial charge in [-0.1, -0.05) is 19.8 Å². The van der Waals surface area contributed by atoms with Gasteiger partial charge in [-0.25, -0.2) is 9.59 Å². The van der Waals surface area contributed by atoms with Crippen molar-refractivity contribution in [2.45, 2.75) is 51.1 Å². The molecule has 0 radical (unpaired) electrons. The molecule has 6 heteroatoms. The second-order valence-corrected chi connectivity index (χ2v) is 6.66. The molecule has 0 spiro atoms. The van der Waals surface area contributed by atoms with Gasteiger partial charge in [0.1, 0.15) is 6.04 Å². The normalized spacial score (nSPS) is 28.1. The predicted octanol–water partition coefficient (Wildman–Crippen LogP) is 2.26. The third kappa shape index (κ3) is 3.40. The van der Waals surface area contributed by atoms with Crippen LogP contribution in [-0.2, 0) is 4.79 Å². The Labute approximate surface area is 124 Å². The number of carboxylic acid groups (broad SMARTS) is 1. The molecule has 2 aliphatic heterocycles. The zero-order valence-corrected chi connectivity index (χ0v) is 12.9. The van der Waals surface area contributed by atoms with Gasteiger partial charge in [-0.2, -0.15) is 11.8 Å². The third-order valence-corrected chi connectivity index (χ3v) is 5.28. The molecule has 114 valence electrons. The molecule has 2 rings (SSSR count). The number of urea groups is 1. The van der Waals surface area contributed by atoms with E-state index in [0.717, 1.165) is 31.6 Å². The molecule has 0 aromatic rings. The minimum absolute atomic E-state index is 0.0635. The summed E-state index contributed by atoms with van der Waals surface area (Å²) in [6, 6.07) is -0.456. The number of nitrogens with zero attached hydrogens (tertiary/aromatic N) is 2. The third-order valence-electron chi connectivity index (χ3n) is 4.25. The zero-order valence-electron chi connectivity index (χ0n) is 12.1. The summed E-state index contributed by atoms with van der Waals surface area (Å²) in [6.07, 6.45) is 5.36. The average Bonchev–Trinajstić information content (AvgIpc) is 2.71. The van der Waals surface area contributed by atoms with Crippen molar-refractivity contribution in [3.05, 3.63) is 0 Å². The molecular weight excluding hydrogens is 276 g/mol. The molecule has 0 aromatic carbocycles. The highest BCUT2D eigenvalue weighted by Gasteiger charge is 2.36. The van der Waals surface area contributed by atoms with E-state index in [1.54, 1.807) is 16.7 Å². The van der Waals surface area contributed by atoms with Crippen LogP contribution in [0.5, 0.6) is 0 Å². The molecule has 1 N–H and O–H groups in total. The Bertz CT molecular complexity index is 364. The molecular formula is C14H24N2O3S. The summed E-state index contributed by atoms with van der Waals surface area (Å²) in [7, 11) is 0. The largest absolute Gasteiger partial charge is 0.480 e. The number of carbonyl (C=O) groups is 2. The van der Waals surface area contributed by atoms with E-state index in [1.165, 1.54) is 12.8 Å². The number of aliphatic carboxylic acids is 1. The molecule has 0 bridgehead atoms. The fraction of sp³-hybridized carbons (Fsp3) is 0.857. The number of carbonyl (C=O) groups excluding carboxylic acids is 1. The molecule has 0 aliphatic carbocycles. The molecule has 2 saturated heterocycles. The Kier molecular flexibility index (Phi) is 5.57. The second-order valence-electron chi connectivity index (χ2n) is 5.51. The van der Waals surface area contributed by atoms with Crippen LogP contribution in [0.2, 0.25) is 0 Å². The van der Waals surface area contributed by atoms with E-state index in [1.807, 2.05) is 4.90 Å². The van der Waals surface area contributed by atoms with Crippen LogP contribution in [0.15, 0.2) is 0 Å². The van der Waals surface area contributed by atoms with Crippen molar-refractivity contribution >= 4 is 23.8 Å². The smallest absolute Gasteiger partial charge is 0.327 e. The maximum atomic E-state index is 12.8. The lowest BCUT2D eigenvalue weighted by molar-refractivity contribution is -0.141. The van der Waals surface area contributed by atoms with E-state index < -0.39 is 12.0 Å². The van der Waals surface area contributed by atoms with Crippen LogP contribution in [0, 0.1) is 0 Å². The van der Waals surface area contributed by atoms with E-state index in [4.69, 9.17) is 0 Å². The standard InChI is InChI=1S/C14H24N2O3S/c1-2-11-6-4-3-5-7-15(11)14(19)16-8-9-20-10-12(16)13(17)18/h11-12H,2-10H2,1H3,(H,17,18). The van der Waals surface area contributed by atoms with Gasteiger partial charge in [0.15, 0.2) is 0 Å². The number of likely N-dealkylation sites (tertiary alicyclic amines) is 1. The Balaban J connectivity index is 2.12. The van der Waals surface area contributed by atoms with E-state index in [2.05, 4.69) is 6.92 Å². The molecule has 5 nitrogen and oxygen atoms in total. The first-order chi connectivity index (χ1) is 9.65. The van der Waals surface area contributed by atoms with Gasteiger partial charge in [0.05, 0.1) is 0 Å². The first-order valence-corrected chi connectivity index (χ1v) is 8.68. The Morgan fingerprint density at radius 2 is 2.00 bits per heavy atom. The van der Waals surface area contributed by atoms with Crippen LogP contribution in [0.3, 0.4) is 0 Å². The molecule has 0 aromatic heterocycles. The Morgan fingerprint density at radius 3 is 2.70 bits per heavy atom. The summed E-state index contributed by atoms with van der Waals surface area (Å²) < 4.78 is 0. The van der Waals surface area contributed by atoms with Gasteiger partial charge in [-0.3, -0.25) is 0 Å². The maximum absolute atomic E-state index is 12.8. The van der Waals surface area contributed by atoms with Crippen molar-refractivity contribution in [2.24, 2.45) is 0 Å². The predicted molar refractivity (Wildman–Crippen MR) is 80.1 cm³/mol. The fourth-order valence-corrected chi connectivity index (χ4v) is 4.09. The van der Waals surface area contributed by atoms with Gasteiger partial charge < -0.3 is 14.9 Å².